The Labute approximate surface area is 118 Å². The molecule has 0 fully saturated rings. The SMILES string of the molecule is CC(C)NCCC(C)(O)Cc1ccc(I)cc1. The van der Waals surface area contributed by atoms with Crippen LogP contribution in [0.15, 0.2) is 24.3 Å². The van der Waals surface area contributed by atoms with Crippen LogP contribution in [0, 0.1) is 3.57 Å². The van der Waals surface area contributed by atoms with E-state index in [2.05, 4.69) is 66.0 Å². The summed E-state index contributed by atoms with van der Waals surface area (Å²) in [6.45, 7) is 7.00. The monoisotopic (exact) mass is 347 g/mol. The Bertz CT molecular complexity index is 333. The van der Waals surface area contributed by atoms with Crippen molar-refractivity contribution in [1.29, 1.82) is 0 Å². The first-order valence-corrected chi connectivity index (χ1v) is 7.17. The van der Waals surface area contributed by atoms with Crippen LogP contribution < -0.4 is 5.32 Å². The van der Waals surface area contributed by atoms with Crippen molar-refractivity contribution in [2.24, 2.45) is 0 Å². The molecule has 0 heterocycles. The maximum atomic E-state index is 10.3. The first-order chi connectivity index (χ1) is 7.89. The predicted octanol–water partition coefficient (Wildman–Crippen LogP) is 2.97. The van der Waals surface area contributed by atoms with Crippen molar-refractivity contribution in [2.45, 2.75) is 45.3 Å². The van der Waals surface area contributed by atoms with E-state index >= 15 is 0 Å². The minimum atomic E-state index is -0.630. The van der Waals surface area contributed by atoms with Crippen molar-refractivity contribution in [1.82, 2.24) is 5.32 Å². The summed E-state index contributed by atoms with van der Waals surface area (Å²) in [4.78, 5) is 0. The molecule has 0 aromatic heterocycles. The van der Waals surface area contributed by atoms with Gasteiger partial charge in [-0.1, -0.05) is 26.0 Å². The lowest BCUT2D eigenvalue weighted by Crippen LogP contribution is -2.34. The quantitative estimate of drug-likeness (QED) is 0.776. The van der Waals surface area contributed by atoms with Crippen LogP contribution in [0.3, 0.4) is 0 Å². The van der Waals surface area contributed by atoms with Crippen molar-refractivity contribution < 1.29 is 5.11 Å². The number of aliphatic hydroxyl groups is 1. The third-order valence-electron chi connectivity index (χ3n) is 2.71. The third kappa shape index (κ3) is 6.38. The molecule has 3 heteroatoms. The Morgan fingerprint density at radius 1 is 1.29 bits per heavy atom. The van der Waals surface area contributed by atoms with Gasteiger partial charge < -0.3 is 10.4 Å². The van der Waals surface area contributed by atoms with Crippen molar-refractivity contribution in [2.75, 3.05) is 6.54 Å². The van der Waals surface area contributed by atoms with E-state index < -0.39 is 5.60 Å². The average Bonchev–Trinajstić information content (AvgIpc) is 2.20. The van der Waals surface area contributed by atoms with Crippen molar-refractivity contribution in [3.63, 3.8) is 0 Å². The zero-order valence-corrected chi connectivity index (χ0v) is 13.0. The lowest BCUT2D eigenvalue weighted by molar-refractivity contribution is 0.0511. The molecule has 0 aliphatic heterocycles. The van der Waals surface area contributed by atoms with Crippen LogP contribution in [-0.4, -0.2) is 23.3 Å². The lowest BCUT2D eigenvalue weighted by Gasteiger charge is -2.24. The molecular weight excluding hydrogens is 325 g/mol. The van der Waals surface area contributed by atoms with Gasteiger partial charge in [0, 0.05) is 16.0 Å². The second kappa shape index (κ2) is 6.71. The van der Waals surface area contributed by atoms with Crippen LogP contribution in [0.25, 0.3) is 0 Å². The van der Waals surface area contributed by atoms with Gasteiger partial charge in [-0.15, -0.1) is 0 Å². The third-order valence-corrected chi connectivity index (χ3v) is 3.43. The Morgan fingerprint density at radius 3 is 2.41 bits per heavy atom. The number of halogens is 1. The fourth-order valence-corrected chi connectivity index (χ4v) is 2.12. The second-order valence-corrected chi connectivity index (χ2v) is 6.40. The van der Waals surface area contributed by atoms with E-state index in [0.717, 1.165) is 13.0 Å². The number of hydrogen-bond acceptors (Lipinski definition) is 2. The molecule has 1 aromatic carbocycles. The summed E-state index contributed by atoms with van der Waals surface area (Å²) in [6.07, 6.45) is 1.49. The zero-order valence-electron chi connectivity index (χ0n) is 10.8. The Hall–Kier alpha value is -0.130. The van der Waals surface area contributed by atoms with E-state index in [1.807, 2.05) is 6.92 Å². The summed E-state index contributed by atoms with van der Waals surface area (Å²) < 4.78 is 1.23. The van der Waals surface area contributed by atoms with Gasteiger partial charge in [0.2, 0.25) is 0 Å². The number of rotatable bonds is 6. The lowest BCUT2D eigenvalue weighted by atomic mass is 9.93. The van der Waals surface area contributed by atoms with Gasteiger partial charge in [-0.05, 0) is 60.2 Å². The number of hydrogen-bond donors (Lipinski definition) is 2. The zero-order chi connectivity index (χ0) is 12.9. The molecule has 1 rings (SSSR count). The average molecular weight is 347 g/mol. The molecule has 0 aliphatic carbocycles. The Balaban J connectivity index is 2.45. The summed E-state index contributed by atoms with van der Waals surface area (Å²) in [5, 5.41) is 13.6. The van der Waals surface area contributed by atoms with Crippen molar-refractivity contribution in [3.05, 3.63) is 33.4 Å². The topological polar surface area (TPSA) is 32.3 Å². The van der Waals surface area contributed by atoms with Gasteiger partial charge >= 0.3 is 0 Å². The van der Waals surface area contributed by atoms with Crippen LogP contribution >= 0.6 is 22.6 Å². The minimum absolute atomic E-state index is 0.476. The summed E-state index contributed by atoms with van der Waals surface area (Å²) in [5.74, 6) is 0. The van der Waals surface area contributed by atoms with Crippen LogP contribution in [0.1, 0.15) is 32.8 Å². The summed E-state index contributed by atoms with van der Waals surface area (Å²) in [6, 6.07) is 8.82. The minimum Gasteiger partial charge on any atom is -0.390 e. The molecular formula is C14H22INO. The normalized spacial score (nSPS) is 14.9. The summed E-state index contributed by atoms with van der Waals surface area (Å²) in [7, 11) is 0. The molecule has 0 spiro atoms. The van der Waals surface area contributed by atoms with Crippen LogP contribution in [0.5, 0.6) is 0 Å². The van der Waals surface area contributed by atoms with E-state index in [0.29, 0.717) is 12.5 Å². The van der Waals surface area contributed by atoms with Gasteiger partial charge in [0.15, 0.2) is 0 Å². The molecule has 0 radical (unpaired) electrons. The van der Waals surface area contributed by atoms with Gasteiger partial charge in [-0.2, -0.15) is 0 Å². The van der Waals surface area contributed by atoms with E-state index in [1.165, 1.54) is 9.13 Å². The van der Waals surface area contributed by atoms with Gasteiger partial charge in [0.1, 0.15) is 0 Å². The fourth-order valence-electron chi connectivity index (χ4n) is 1.76. The largest absolute Gasteiger partial charge is 0.390 e. The maximum Gasteiger partial charge on any atom is 0.0672 e. The molecule has 1 atom stereocenters. The molecule has 0 saturated heterocycles. The van der Waals surface area contributed by atoms with Gasteiger partial charge in [0.25, 0.3) is 0 Å². The first-order valence-electron chi connectivity index (χ1n) is 6.09. The maximum absolute atomic E-state index is 10.3. The fraction of sp³-hybridized carbons (Fsp3) is 0.571. The highest BCUT2D eigenvalue weighted by Crippen LogP contribution is 2.17. The van der Waals surface area contributed by atoms with E-state index in [-0.39, 0.29) is 0 Å². The predicted molar refractivity (Wildman–Crippen MR) is 81.2 cm³/mol. The van der Waals surface area contributed by atoms with E-state index in [9.17, 15) is 5.11 Å². The molecule has 17 heavy (non-hydrogen) atoms. The molecule has 1 aromatic rings. The molecule has 0 amide bonds. The molecule has 96 valence electrons. The van der Waals surface area contributed by atoms with Gasteiger partial charge in [-0.3, -0.25) is 0 Å². The molecule has 2 N–H and O–H groups in total. The molecule has 0 saturated carbocycles. The summed E-state index contributed by atoms with van der Waals surface area (Å²) >= 11 is 2.29. The van der Waals surface area contributed by atoms with Crippen LogP contribution in [0.2, 0.25) is 0 Å². The van der Waals surface area contributed by atoms with Gasteiger partial charge in [0.05, 0.1) is 5.60 Å². The molecule has 1 unspecified atom stereocenters. The molecule has 0 aliphatic rings. The first kappa shape index (κ1) is 14.9. The summed E-state index contributed by atoms with van der Waals surface area (Å²) in [5.41, 5.74) is 0.564. The molecule has 0 bridgehead atoms. The highest BCUT2D eigenvalue weighted by atomic mass is 127. The smallest absolute Gasteiger partial charge is 0.0672 e. The van der Waals surface area contributed by atoms with Crippen molar-refractivity contribution in [3.8, 4) is 0 Å². The molecule has 2 nitrogen and oxygen atoms in total. The van der Waals surface area contributed by atoms with Crippen molar-refractivity contribution >= 4 is 22.6 Å². The van der Waals surface area contributed by atoms with Gasteiger partial charge in [-0.25, -0.2) is 0 Å². The van der Waals surface area contributed by atoms with E-state index in [1.54, 1.807) is 0 Å². The van der Waals surface area contributed by atoms with Crippen LogP contribution in [-0.2, 0) is 6.42 Å². The highest BCUT2D eigenvalue weighted by molar-refractivity contribution is 14.1. The Kier molecular flexibility index (Phi) is 5.89. The Morgan fingerprint density at radius 2 is 1.88 bits per heavy atom. The van der Waals surface area contributed by atoms with Crippen LogP contribution in [0.4, 0.5) is 0 Å². The standard InChI is InChI=1S/C14H22INO/c1-11(2)16-9-8-14(3,17)10-12-4-6-13(15)7-5-12/h4-7,11,16-17H,8-10H2,1-3H3. The number of nitrogens with one attached hydrogen (secondary N) is 1. The van der Waals surface area contributed by atoms with E-state index in [4.69, 9.17) is 0 Å². The second-order valence-electron chi connectivity index (χ2n) is 5.16. The highest BCUT2D eigenvalue weighted by Gasteiger charge is 2.20. The number of benzene rings is 1.